The second-order valence-corrected chi connectivity index (χ2v) is 3.36. The first-order valence-electron chi connectivity index (χ1n) is 4.67. The van der Waals surface area contributed by atoms with E-state index in [1.165, 1.54) is 5.56 Å². The number of hydrogen-bond acceptors (Lipinski definition) is 2. The van der Waals surface area contributed by atoms with Crippen LogP contribution in [0.4, 0.5) is 0 Å². The molecule has 0 saturated carbocycles. The highest BCUT2D eigenvalue weighted by molar-refractivity contribution is 5.95. The second kappa shape index (κ2) is 2.87. The van der Waals surface area contributed by atoms with E-state index in [1.807, 2.05) is 11.6 Å². The Bertz CT molecular complexity index is 351. The third kappa shape index (κ3) is 1.13. The Labute approximate surface area is 77.2 Å². The first kappa shape index (κ1) is 8.29. The molecule has 0 atom stereocenters. The number of nitrogens with two attached hydrogens (primary N) is 1. The number of nitrogens with one attached hydrogen (secondary N) is 1. The maximum Gasteiger partial charge on any atom is 0.141 e. The molecule has 1 aliphatic rings. The highest BCUT2D eigenvalue weighted by Gasteiger charge is 2.22. The molecular formula is C9H14N4. The first-order valence-corrected chi connectivity index (χ1v) is 4.67. The normalized spacial score (nSPS) is 14.5. The molecule has 0 amide bonds. The third-order valence-corrected chi connectivity index (χ3v) is 2.53. The molecule has 2 rings (SSSR count). The Kier molecular flexibility index (Phi) is 1.83. The van der Waals surface area contributed by atoms with Crippen LogP contribution in [0.25, 0.3) is 0 Å². The van der Waals surface area contributed by atoms with Crippen LogP contribution in [0.15, 0.2) is 0 Å². The first-order chi connectivity index (χ1) is 6.24. The van der Waals surface area contributed by atoms with Gasteiger partial charge in [0.05, 0.1) is 5.69 Å². The minimum Gasteiger partial charge on any atom is -0.382 e. The summed E-state index contributed by atoms with van der Waals surface area (Å²) in [4.78, 5) is 0. The van der Waals surface area contributed by atoms with Crippen molar-refractivity contribution in [2.24, 2.45) is 5.73 Å². The third-order valence-electron chi connectivity index (χ3n) is 2.53. The van der Waals surface area contributed by atoms with Crippen LogP contribution in [-0.4, -0.2) is 15.6 Å². The van der Waals surface area contributed by atoms with Crippen LogP contribution in [-0.2, 0) is 19.4 Å². The van der Waals surface area contributed by atoms with Crippen LogP contribution in [0.1, 0.15) is 30.3 Å². The Morgan fingerprint density at radius 2 is 2.38 bits per heavy atom. The van der Waals surface area contributed by atoms with E-state index in [0.29, 0.717) is 0 Å². The van der Waals surface area contributed by atoms with Crippen molar-refractivity contribution in [3.8, 4) is 0 Å². The number of aromatic nitrogens is 2. The van der Waals surface area contributed by atoms with E-state index in [-0.39, 0.29) is 5.84 Å². The Balaban J connectivity index is 2.55. The van der Waals surface area contributed by atoms with Gasteiger partial charge in [0, 0.05) is 12.1 Å². The molecule has 0 aliphatic heterocycles. The van der Waals surface area contributed by atoms with Crippen molar-refractivity contribution in [3.05, 3.63) is 17.0 Å². The highest BCUT2D eigenvalue weighted by atomic mass is 15.3. The maximum atomic E-state index is 7.48. The average Bonchev–Trinajstić information content (AvgIpc) is 2.59. The van der Waals surface area contributed by atoms with Gasteiger partial charge in [-0.05, 0) is 26.2 Å². The summed E-state index contributed by atoms with van der Waals surface area (Å²) in [5, 5.41) is 11.9. The maximum absolute atomic E-state index is 7.48. The lowest BCUT2D eigenvalue weighted by Crippen LogP contribution is -2.19. The average molecular weight is 178 g/mol. The van der Waals surface area contributed by atoms with Gasteiger partial charge in [0.15, 0.2) is 0 Å². The molecule has 3 N–H and O–H groups in total. The van der Waals surface area contributed by atoms with Crippen LogP contribution >= 0.6 is 0 Å². The largest absolute Gasteiger partial charge is 0.382 e. The van der Waals surface area contributed by atoms with Crippen molar-refractivity contribution in [3.63, 3.8) is 0 Å². The highest BCUT2D eigenvalue weighted by Crippen LogP contribution is 2.24. The van der Waals surface area contributed by atoms with Gasteiger partial charge in [0.1, 0.15) is 11.5 Å². The quantitative estimate of drug-likeness (QED) is 0.516. The van der Waals surface area contributed by atoms with Gasteiger partial charge in [-0.15, -0.1) is 0 Å². The Hall–Kier alpha value is -1.32. The molecule has 70 valence electrons. The van der Waals surface area contributed by atoms with E-state index in [2.05, 4.69) is 5.10 Å². The van der Waals surface area contributed by atoms with E-state index in [9.17, 15) is 0 Å². The number of rotatable bonds is 2. The predicted molar refractivity (Wildman–Crippen MR) is 50.9 cm³/mol. The van der Waals surface area contributed by atoms with Gasteiger partial charge in [0.2, 0.25) is 0 Å². The van der Waals surface area contributed by atoms with E-state index in [4.69, 9.17) is 11.1 Å². The zero-order valence-corrected chi connectivity index (χ0v) is 7.80. The lowest BCUT2D eigenvalue weighted by Gasteiger charge is -2.04. The van der Waals surface area contributed by atoms with Gasteiger partial charge in [-0.25, -0.2) is 0 Å². The summed E-state index contributed by atoms with van der Waals surface area (Å²) in [6, 6.07) is 0. The molecule has 0 fully saturated rings. The minimum atomic E-state index is 0.150. The molecule has 0 spiro atoms. The summed E-state index contributed by atoms with van der Waals surface area (Å²) >= 11 is 0. The van der Waals surface area contributed by atoms with Crippen LogP contribution < -0.4 is 5.73 Å². The fraction of sp³-hybridized carbons (Fsp3) is 0.556. The number of hydrogen-bond donors (Lipinski definition) is 2. The fourth-order valence-electron chi connectivity index (χ4n) is 1.98. The van der Waals surface area contributed by atoms with Crippen LogP contribution in [0.5, 0.6) is 0 Å². The fourth-order valence-corrected chi connectivity index (χ4v) is 1.98. The Morgan fingerprint density at radius 3 is 3.00 bits per heavy atom. The van der Waals surface area contributed by atoms with Crippen molar-refractivity contribution in [2.45, 2.75) is 32.7 Å². The molecular weight excluding hydrogens is 164 g/mol. The van der Waals surface area contributed by atoms with Gasteiger partial charge in [0.25, 0.3) is 0 Å². The molecule has 0 radical (unpaired) electrons. The lowest BCUT2D eigenvalue weighted by atomic mass is 10.2. The number of nitrogen functional groups attached to an aromatic ring is 1. The summed E-state index contributed by atoms with van der Waals surface area (Å²) in [7, 11) is 0. The smallest absolute Gasteiger partial charge is 0.141 e. The molecule has 4 nitrogen and oxygen atoms in total. The molecule has 1 aromatic rings. The van der Waals surface area contributed by atoms with Gasteiger partial charge in [-0.2, -0.15) is 5.10 Å². The van der Waals surface area contributed by atoms with Crippen LogP contribution in [0.3, 0.4) is 0 Å². The monoisotopic (exact) mass is 178 g/mol. The minimum absolute atomic E-state index is 0.150. The number of fused-ring (bicyclic) bond motifs is 1. The lowest BCUT2D eigenvalue weighted by molar-refractivity contribution is 0.634. The molecule has 0 unspecified atom stereocenters. The van der Waals surface area contributed by atoms with Gasteiger partial charge in [-0.1, -0.05) is 0 Å². The standard InChI is InChI=1S/C9H14N4/c1-2-13-8(9(10)11)6-4-3-5-7(6)12-13/h2-5H2,1H3,(H3,10,11). The van der Waals surface area contributed by atoms with Gasteiger partial charge >= 0.3 is 0 Å². The van der Waals surface area contributed by atoms with E-state index in [0.717, 1.165) is 37.2 Å². The summed E-state index contributed by atoms with van der Waals surface area (Å²) in [6.07, 6.45) is 3.23. The van der Waals surface area contributed by atoms with Crippen molar-refractivity contribution in [1.29, 1.82) is 5.41 Å². The van der Waals surface area contributed by atoms with Crippen molar-refractivity contribution in [2.75, 3.05) is 0 Å². The molecule has 1 heterocycles. The van der Waals surface area contributed by atoms with E-state index in [1.54, 1.807) is 0 Å². The summed E-state index contributed by atoms with van der Waals surface area (Å²) in [5.41, 5.74) is 8.72. The zero-order valence-electron chi connectivity index (χ0n) is 7.80. The molecule has 0 saturated heterocycles. The second-order valence-electron chi connectivity index (χ2n) is 3.36. The van der Waals surface area contributed by atoms with E-state index >= 15 is 0 Å². The number of nitrogens with zero attached hydrogens (tertiary/aromatic N) is 2. The SMILES string of the molecule is CCn1nc2c(c1C(=N)N)CCC2. The summed E-state index contributed by atoms with van der Waals surface area (Å²) in [5.74, 6) is 0.150. The molecule has 0 aromatic carbocycles. The van der Waals surface area contributed by atoms with Crippen molar-refractivity contribution >= 4 is 5.84 Å². The molecule has 1 aromatic heterocycles. The van der Waals surface area contributed by atoms with Crippen LogP contribution in [0, 0.1) is 5.41 Å². The van der Waals surface area contributed by atoms with Crippen molar-refractivity contribution in [1.82, 2.24) is 9.78 Å². The molecule has 1 aliphatic carbocycles. The molecule has 0 bridgehead atoms. The molecule has 4 heteroatoms. The molecule has 13 heavy (non-hydrogen) atoms. The summed E-state index contributed by atoms with van der Waals surface area (Å²) in [6.45, 7) is 2.82. The predicted octanol–water partition coefficient (Wildman–Crippen LogP) is 0.676. The van der Waals surface area contributed by atoms with Gasteiger partial charge in [-0.3, -0.25) is 10.1 Å². The topological polar surface area (TPSA) is 67.7 Å². The van der Waals surface area contributed by atoms with Crippen LogP contribution in [0.2, 0.25) is 0 Å². The Morgan fingerprint density at radius 1 is 1.62 bits per heavy atom. The van der Waals surface area contributed by atoms with E-state index < -0.39 is 0 Å². The van der Waals surface area contributed by atoms with Crippen molar-refractivity contribution < 1.29 is 0 Å². The summed E-state index contributed by atoms with van der Waals surface area (Å²) < 4.78 is 1.84. The van der Waals surface area contributed by atoms with Gasteiger partial charge < -0.3 is 5.73 Å². The zero-order chi connectivity index (χ0) is 9.42. The number of amidine groups is 1. The number of aryl methyl sites for hydroxylation is 2.